The monoisotopic (exact) mass is 507 g/mol. The first-order valence-electron chi connectivity index (χ1n) is 13.4. The number of unbranched alkanes of at least 4 members (excludes halogenated alkanes) is 2. The molecule has 9 heteroatoms. The van der Waals surface area contributed by atoms with Crippen molar-refractivity contribution >= 4 is 11.6 Å². The Morgan fingerprint density at radius 2 is 1.89 bits per heavy atom. The summed E-state index contributed by atoms with van der Waals surface area (Å²) in [5.41, 5.74) is 1.58. The lowest BCUT2D eigenvalue weighted by atomic mass is 9.81. The highest BCUT2D eigenvalue weighted by Gasteiger charge is 2.37. The van der Waals surface area contributed by atoms with Crippen molar-refractivity contribution in [3.05, 3.63) is 41.8 Å². The van der Waals surface area contributed by atoms with Gasteiger partial charge in [0, 0.05) is 48.6 Å². The molecule has 0 radical (unpaired) electrons. The van der Waals surface area contributed by atoms with Crippen molar-refractivity contribution in [2.45, 2.75) is 89.6 Å². The maximum Gasteiger partial charge on any atom is 0.258 e. The number of amides is 1. The summed E-state index contributed by atoms with van der Waals surface area (Å²) in [4.78, 5) is 24.5. The minimum atomic E-state index is -0.124. The molecular formula is C28H37N5O4. The molecule has 0 unspecified atom stereocenters. The molecule has 2 fully saturated rings. The average Bonchev–Trinajstić information content (AvgIpc) is 3.36. The Balaban J connectivity index is 1.23. The third-order valence-electron chi connectivity index (χ3n) is 7.24. The highest BCUT2D eigenvalue weighted by atomic mass is 16.5. The summed E-state index contributed by atoms with van der Waals surface area (Å²) in [7, 11) is 1.71. The molecule has 2 aliphatic carbocycles. The average molecular weight is 508 g/mol. The molecule has 3 aromatic rings. The highest BCUT2D eigenvalue weighted by molar-refractivity contribution is 5.96. The van der Waals surface area contributed by atoms with E-state index in [-0.39, 0.29) is 23.3 Å². The lowest BCUT2D eigenvalue weighted by Crippen LogP contribution is -2.45. The predicted octanol–water partition coefficient (Wildman–Crippen LogP) is 5.47. The Hall–Kier alpha value is -3.07. The summed E-state index contributed by atoms with van der Waals surface area (Å²) in [6.07, 6.45) is 7.46. The van der Waals surface area contributed by atoms with Crippen LogP contribution in [0.2, 0.25) is 0 Å². The van der Waals surface area contributed by atoms with Gasteiger partial charge in [0.2, 0.25) is 11.8 Å². The van der Waals surface area contributed by atoms with E-state index in [1.165, 1.54) is 0 Å². The molecule has 0 bridgehead atoms. The van der Waals surface area contributed by atoms with E-state index in [1.54, 1.807) is 7.11 Å². The normalized spacial score (nSPS) is 19.6. The third kappa shape index (κ3) is 6.09. The number of carbonyl (C=O) groups is 1. The zero-order valence-electron chi connectivity index (χ0n) is 22.3. The van der Waals surface area contributed by atoms with Crippen LogP contribution in [-0.4, -0.2) is 45.9 Å². The molecule has 2 saturated carbocycles. The molecular weight excluding hydrogens is 470 g/mol. The van der Waals surface area contributed by atoms with Gasteiger partial charge >= 0.3 is 0 Å². The summed E-state index contributed by atoms with van der Waals surface area (Å²) < 4.78 is 16.4. The smallest absolute Gasteiger partial charge is 0.258 e. The van der Waals surface area contributed by atoms with Crippen LogP contribution in [0.5, 0.6) is 0 Å². The summed E-state index contributed by atoms with van der Waals surface area (Å²) in [5, 5.41) is 8.25. The van der Waals surface area contributed by atoms with Gasteiger partial charge in [-0.25, -0.2) is 0 Å². The lowest BCUT2D eigenvalue weighted by Gasteiger charge is -2.37. The Bertz CT molecular complexity index is 1200. The van der Waals surface area contributed by atoms with Gasteiger partial charge in [0.15, 0.2) is 11.6 Å². The highest BCUT2D eigenvalue weighted by Crippen LogP contribution is 2.39. The fourth-order valence-electron chi connectivity index (χ4n) is 4.60. The SMILES string of the molecule is CO[C@H]1C[C@@H](C(=O)N(CCCCCc2nc(C(C)(C)C)no2)c2cccc(-c3nc(C4CC4)no3)c2)C1. The van der Waals surface area contributed by atoms with Gasteiger partial charge < -0.3 is 18.7 Å². The molecule has 0 aliphatic heterocycles. The second-order valence-electron chi connectivity index (χ2n) is 11.4. The quantitative estimate of drug-likeness (QED) is 0.315. The van der Waals surface area contributed by atoms with Crippen molar-refractivity contribution < 1.29 is 18.6 Å². The number of hydrogen-bond donors (Lipinski definition) is 0. The van der Waals surface area contributed by atoms with E-state index >= 15 is 0 Å². The van der Waals surface area contributed by atoms with Gasteiger partial charge in [0.05, 0.1) is 6.10 Å². The van der Waals surface area contributed by atoms with Crippen molar-refractivity contribution in [2.24, 2.45) is 5.92 Å². The van der Waals surface area contributed by atoms with E-state index in [0.29, 0.717) is 24.2 Å². The standard InChI is InChI=1S/C28H37N5O4/c1-28(2,3)27-29-23(36-32-27)11-6-5-7-14-33(26(34)20-16-22(17-20)35-4)21-10-8-9-19(15-21)25-30-24(31-37-25)18-12-13-18/h8-10,15,18,20,22H,5-7,11-14,16-17H2,1-4H3/t20-,22+. The molecule has 2 aliphatic rings. The number of aromatic nitrogens is 4. The fourth-order valence-corrected chi connectivity index (χ4v) is 4.60. The number of ether oxygens (including phenoxy) is 1. The fraction of sp³-hybridized carbons (Fsp3) is 0.607. The molecule has 2 aromatic heterocycles. The molecule has 2 heterocycles. The number of anilines is 1. The van der Waals surface area contributed by atoms with E-state index in [4.69, 9.17) is 13.8 Å². The zero-order chi connectivity index (χ0) is 26.0. The first-order chi connectivity index (χ1) is 17.8. The van der Waals surface area contributed by atoms with Crippen LogP contribution >= 0.6 is 0 Å². The minimum absolute atomic E-state index is 0.00677. The number of methoxy groups -OCH3 is 1. The van der Waals surface area contributed by atoms with E-state index < -0.39 is 0 Å². The topological polar surface area (TPSA) is 107 Å². The second kappa shape index (κ2) is 10.7. The van der Waals surface area contributed by atoms with Crippen molar-refractivity contribution in [3.63, 3.8) is 0 Å². The molecule has 37 heavy (non-hydrogen) atoms. The lowest BCUT2D eigenvalue weighted by molar-refractivity contribution is -0.129. The van der Waals surface area contributed by atoms with Crippen molar-refractivity contribution in [3.8, 4) is 11.5 Å². The van der Waals surface area contributed by atoms with Gasteiger partial charge in [-0.1, -0.05) is 43.6 Å². The van der Waals surface area contributed by atoms with Gasteiger partial charge in [-0.2, -0.15) is 9.97 Å². The van der Waals surface area contributed by atoms with Crippen LogP contribution in [-0.2, 0) is 21.4 Å². The van der Waals surface area contributed by atoms with Gasteiger partial charge in [-0.3, -0.25) is 4.79 Å². The Labute approximate surface area is 218 Å². The van der Waals surface area contributed by atoms with Crippen LogP contribution in [0.4, 0.5) is 5.69 Å². The van der Waals surface area contributed by atoms with Crippen molar-refractivity contribution in [1.29, 1.82) is 0 Å². The van der Waals surface area contributed by atoms with Crippen LogP contribution in [0, 0.1) is 5.92 Å². The number of nitrogens with zero attached hydrogens (tertiary/aromatic N) is 5. The first-order valence-corrected chi connectivity index (χ1v) is 13.4. The molecule has 0 spiro atoms. The first kappa shape index (κ1) is 25.6. The Kier molecular flexibility index (Phi) is 7.42. The molecule has 1 aromatic carbocycles. The minimum Gasteiger partial charge on any atom is -0.381 e. The molecule has 1 amide bonds. The van der Waals surface area contributed by atoms with Crippen LogP contribution in [0.15, 0.2) is 33.3 Å². The largest absolute Gasteiger partial charge is 0.381 e. The third-order valence-corrected chi connectivity index (χ3v) is 7.24. The van der Waals surface area contributed by atoms with E-state index in [1.807, 2.05) is 29.2 Å². The Morgan fingerprint density at radius 3 is 2.59 bits per heavy atom. The van der Waals surface area contributed by atoms with Gasteiger partial charge in [0.1, 0.15) is 0 Å². The number of carbonyl (C=O) groups excluding carboxylic acids is 1. The second-order valence-corrected chi connectivity index (χ2v) is 11.4. The van der Waals surface area contributed by atoms with Crippen LogP contribution in [0.25, 0.3) is 11.5 Å². The summed E-state index contributed by atoms with van der Waals surface area (Å²) in [5.74, 6) is 3.28. The van der Waals surface area contributed by atoms with Crippen LogP contribution in [0.3, 0.4) is 0 Å². The molecule has 198 valence electrons. The van der Waals surface area contributed by atoms with Gasteiger partial charge in [-0.05, 0) is 56.7 Å². The van der Waals surface area contributed by atoms with E-state index in [0.717, 1.165) is 74.3 Å². The van der Waals surface area contributed by atoms with Crippen molar-refractivity contribution in [2.75, 3.05) is 18.6 Å². The zero-order valence-corrected chi connectivity index (χ0v) is 22.3. The maximum atomic E-state index is 13.5. The molecule has 5 rings (SSSR count). The molecule has 0 atom stereocenters. The predicted molar refractivity (Wildman–Crippen MR) is 138 cm³/mol. The number of rotatable bonds is 11. The molecule has 9 nitrogen and oxygen atoms in total. The molecule has 0 saturated heterocycles. The van der Waals surface area contributed by atoms with Gasteiger partial charge in [-0.15, -0.1) is 0 Å². The van der Waals surface area contributed by atoms with Crippen LogP contribution < -0.4 is 4.90 Å². The van der Waals surface area contributed by atoms with E-state index in [2.05, 4.69) is 41.1 Å². The van der Waals surface area contributed by atoms with E-state index in [9.17, 15) is 4.79 Å². The summed E-state index contributed by atoms with van der Waals surface area (Å²) in [6, 6.07) is 7.88. The van der Waals surface area contributed by atoms with Crippen LogP contribution in [0.1, 0.15) is 89.2 Å². The van der Waals surface area contributed by atoms with Crippen molar-refractivity contribution in [1.82, 2.24) is 20.3 Å². The maximum absolute atomic E-state index is 13.5. The number of benzene rings is 1. The van der Waals surface area contributed by atoms with Gasteiger partial charge in [0.25, 0.3) is 5.89 Å². The number of aryl methyl sites for hydroxylation is 1. The number of hydrogen-bond acceptors (Lipinski definition) is 8. The molecule has 0 N–H and O–H groups in total. The summed E-state index contributed by atoms with van der Waals surface area (Å²) >= 11 is 0. The summed E-state index contributed by atoms with van der Waals surface area (Å²) in [6.45, 7) is 6.86. The Morgan fingerprint density at radius 1 is 1.08 bits per heavy atom.